The summed E-state index contributed by atoms with van der Waals surface area (Å²) in [5.74, 6) is 1.21. The standard InChI is InChI=1S/C31H31N3O/c1-22-14-12-15-23(2)28(22)32-30(26-18-8-6-9-19-26)34(5)35-31(27-20-10-7-11-21-27)33-29-24(3)16-13-17-25(29)4/h6-21H,1-5H3. The van der Waals surface area contributed by atoms with Crippen molar-refractivity contribution in [1.29, 1.82) is 0 Å². The Balaban J connectivity index is 1.81. The van der Waals surface area contributed by atoms with Crippen LogP contribution in [0.4, 0.5) is 11.4 Å². The fourth-order valence-corrected chi connectivity index (χ4v) is 3.97. The van der Waals surface area contributed by atoms with Gasteiger partial charge < -0.3 is 4.84 Å². The van der Waals surface area contributed by atoms with E-state index >= 15 is 0 Å². The number of aliphatic imine (C=N–C) groups is 2. The third-order valence-electron chi connectivity index (χ3n) is 5.88. The minimum absolute atomic E-state index is 0.510. The van der Waals surface area contributed by atoms with Crippen LogP contribution in [-0.4, -0.2) is 23.8 Å². The molecule has 0 aliphatic rings. The average Bonchev–Trinajstić information content (AvgIpc) is 2.86. The van der Waals surface area contributed by atoms with Crippen LogP contribution in [0.1, 0.15) is 33.4 Å². The molecule has 0 amide bonds. The molecule has 0 bridgehead atoms. The minimum atomic E-state index is 0.510. The Labute approximate surface area is 208 Å². The molecule has 0 heterocycles. The summed E-state index contributed by atoms with van der Waals surface area (Å²) in [5, 5.41) is 1.71. The molecule has 0 fully saturated rings. The lowest BCUT2D eigenvalue weighted by Crippen LogP contribution is -2.31. The van der Waals surface area contributed by atoms with Crippen LogP contribution in [0, 0.1) is 27.7 Å². The highest BCUT2D eigenvalue weighted by molar-refractivity contribution is 6.02. The Hall–Kier alpha value is -4.18. The topological polar surface area (TPSA) is 37.2 Å². The predicted octanol–water partition coefficient (Wildman–Crippen LogP) is 7.64. The molecule has 0 unspecified atom stereocenters. The van der Waals surface area contributed by atoms with E-state index in [1.54, 1.807) is 5.06 Å². The third-order valence-corrected chi connectivity index (χ3v) is 5.88. The minimum Gasteiger partial charge on any atom is -0.357 e. The van der Waals surface area contributed by atoms with Gasteiger partial charge in [0.2, 0.25) is 0 Å². The molecule has 35 heavy (non-hydrogen) atoms. The monoisotopic (exact) mass is 461 g/mol. The highest BCUT2D eigenvalue weighted by Crippen LogP contribution is 2.27. The Kier molecular flexibility index (Phi) is 7.41. The Morgan fingerprint density at radius 2 is 0.971 bits per heavy atom. The summed E-state index contributed by atoms with van der Waals surface area (Å²) >= 11 is 0. The van der Waals surface area contributed by atoms with Crippen molar-refractivity contribution in [3.05, 3.63) is 130 Å². The maximum absolute atomic E-state index is 6.47. The van der Waals surface area contributed by atoms with E-state index < -0.39 is 0 Å². The highest BCUT2D eigenvalue weighted by Gasteiger charge is 2.17. The zero-order valence-electron chi connectivity index (χ0n) is 21.0. The van der Waals surface area contributed by atoms with E-state index in [0.29, 0.717) is 11.7 Å². The fourth-order valence-electron chi connectivity index (χ4n) is 3.97. The van der Waals surface area contributed by atoms with Gasteiger partial charge in [-0.3, -0.25) is 0 Å². The normalized spacial score (nSPS) is 11.9. The number of hydrogen-bond acceptors (Lipinski definition) is 3. The number of benzene rings is 4. The zero-order chi connectivity index (χ0) is 24.8. The number of hydroxylamine groups is 2. The number of rotatable bonds is 4. The maximum Gasteiger partial charge on any atom is 0.253 e. The molecule has 0 N–H and O–H groups in total. The number of para-hydroxylation sites is 2. The van der Waals surface area contributed by atoms with Crippen molar-refractivity contribution in [1.82, 2.24) is 5.06 Å². The lowest BCUT2D eigenvalue weighted by atomic mass is 10.1. The van der Waals surface area contributed by atoms with Crippen LogP contribution in [0.25, 0.3) is 0 Å². The first-order chi connectivity index (χ1) is 16.9. The average molecular weight is 462 g/mol. The molecule has 0 aliphatic heterocycles. The van der Waals surface area contributed by atoms with E-state index in [1.807, 2.05) is 73.8 Å². The quantitative estimate of drug-likeness (QED) is 0.178. The third kappa shape index (κ3) is 5.67. The van der Waals surface area contributed by atoms with Crippen molar-refractivity contribution in [2.45, 2.75) is 27.7 Å². The van der Waals surface area contributed by atoms with Crippen molar-refractivity contribution < 1.29 is 4.84 Å². The number of amidine groups is 1. The molecule has 4 rings (SSSR count). The van der Waals surface area contributed by atoms with Crippen molar-refractivity contribution >= 4 is 23.1 Å². The molecular formula is C31H31N3O. The first-order valence-electron chi connectivity index (χ1n) is 11.8. The summed E-state index contributed by atoms with van der Waals surface area (Å²) < 4.78 is 0. The smallest absolute Gasteiger partial charge is 0.253 e. The molecule has 0 atom stereocenters. The van der Waals surface area contributed by atoms with Gasteiger partial charge >= 0.3 is 0 Å². The van der Waals surface area contributed by atoms with Crippen LogP contribution in [0.15, 0.2) is 107 Å². The van der Waals surface area contributed by atoms with E-state index in [0.717, 1.165) is 44.8 Å². The van der Waals surface area contributed by atoms with Gasteiger partial charge in [-0.1, -0.05) is 84.9 Å². The van der Waals surface area contributed by atoms with Crippen LogP contribution in [-0.2, 0) is 4.84 Å². The summed E-state index contributed by atoms with van der Waals surface area (Å²) in [5.41, 5.74) is 8.11. The van der Waals surface area contributed by atoms with Gasteiger partial charge in [-0.2, -0.15) is 5.06 Å². The molecule has 4 heteroatoms. The molecule has 0 aromatic heterocycles. The van der Waals surface area contributed by atoms with Gasteiger partial charge in [0.1, 0.15) is 0 Å². The number of aryl methyl sites for hydroxylation is 4. The second-order valence-electron chi connectivity index (χ2n) is 8.65. The van der Waals surface area contributed by atoms with Crippen LogP contribution >= 0.6 is 0 Å². The summed E-state index contributed by atoms with van der Waals surface area (Å²) in [4.78, 5) is 16.5. The molecule has 4 aromatic rings. The van der Waals surface area contributed by atoms with Crippen LogP contribution in [0.5, 0.6) is 0 Å². The summed E-state index contributed by atoms with van der Waals surface area (Å²) in [6, 6.07) is 32.4. The predicted molar refractivity (Wildman–Crippen MR) is 146 cm³/mol. The maximum atomic E-state index is 6.47. The van der Waals surface area contributed by atoms with Gasteiger partial charge in [0.15, 0.2) is 5.84 Å². The van der Waals surface area contributed by atoms with Crippen molar-refractivity contribution in [2.24, 2.45) is 9.98 Å². The van der Waals surface area contributed by atoms with Gasteiger partial charge in [0, 0.05) is 18.2 Å². The second-order valence-corrected chi connectivity index (χ2v) is 8.65. The molecule has 176 valence electrons. The number of hydrogen-bond donors (Lipinski definition) is 0. The first kappa shape index (κ1) is 24.0. The van der Waals surface area contributed by atoms with Gasteiger partial charge in [-0.15, -0.1) is 0 Å². The molecule has 0 radical (unpaired) electrons. The van der Waals surface area contributed by atoms with Crippen LogP contribution in [0.3, 0.4) is 0 Å². The SMILES string of the molecule is Cc1cccc(C)c1N=C(ON(C)C(=Nc1c(C)cccc1C)c1ccccc1)c1ccccc1. The molecule has 0 saturated heterocycles. The van der Waals surface area contributed by atoms with E-state index in [1.165, 1.54) is 0 Å². The van der Waals surface area contributed by atoms with Crippen LogP contribution in [0.2, 0.25) is 0 Å². The molecule has 4 nitrogen and oxygen atoms in total. The Morgan fingerprint density at radius 1 is 0.543 bits per heavy atom. The van der Waals surface area contributed by atoms with E-state index in [9.17, 15) is 0 Å². The Morgan fingerprint density at radius 3 is 1.46 bits per heavy atom. The van der Waals surface area contributed by atoms with E-state index in [2.05, 4.69) is 58.0 Å². The summed E-state index contributed by atoms with van der Waals surface area (Å²) in [6.07, 6.45) is 0. The molecular weight excluding hydrogens is 430 g/mol. The largest absolute Gasteiger partial charge is 0.357 e. The Bertz CT molecular complexity index is 1320. The molecule has 0 spiro atoms. The van der Waals surface area contributed by atoms with Gasteiger partial charge in [-0.25, -0.2) is 9.98 Å². The lowest BCUT2D eigenvalue weighted by Gasteiger charge is -2.23. The van der Waals surface area contributed by atoms with Gasteiger partial charge in [-0.05, 0) is 62.1 Å². The second kappa shape index (κ2) is 10.8. The van der Waals surface area contributed by atoms with Crippen LogP contribution < -0.4 is 0 Å². The van der Waals surface area contributed by atoms with Crippen molar-refractivity contribution in [3.63, 3.8) is 0 Å². The van der Waals surface area contributed by atoms with Crippen molar-refractivity contribution in [3.8, 4) is 0 Å². The molecule has 4 aromatic carbocycles. The first-order valence-corrected chi connectivity index (χ1v) is 11.8. The van der Waals surface area contributed by atoms with Gasteiger partial charge in [0.25, 0.3) is 5.90 Å². The number of nitrogens with zero attached hydrogens (tertiary/aromatic N) is 3. The summed E-state index contributed by atoms with van der Waals surface area (Å²) in [6.45, 7) is 8.28. The summed E-state index contributed by atoms with van der Waals surface area (Å²) in [7, 11) is 1.88. The lowest BCUT2D eigenvalue weighted by molar-refractivity contribution is 0.0336. The van der Waals surface area contributed by atoms with Gasteiger partial charge in [0.05, 0.1) is 11.4 Å². The molecule has 0 aliphatic carbocycles. The fraction of sp³-hybridized carbons (Fsp3) is 0.161. The highest BCUT2D eigenvalue weighted by atomic mass is 16.7. The van der Waals surface area contributed by atoms with E-state index in [-0.39, 0.29) is 0 Å². The molecule has 0 saturated carbocycles. The van der Waals surface area contributed by atoms with E-state index in [4.69, 9.17) is 14.8 Å². The zero-order valence-corrected chi connectivity index (χ0v) is 21.0. The van der Waals surface area contributed by atoms with Crippen molar-refractivity contribution in [2.75, 3.05) is 7.05 Å².